The van der Waals surface area contributed by atoms with Crippen molar-refractivity contribution in [3.8, 4) is 0 Å². The summed E-state index contributed by atoms with van der Waals surface area (Å²) in [6.45, 7) is 4.66. The number of hydrogen-bond acceptors (Lipinski definition) is 5. The van der Waals surface area contributed by atoms with Crippen LogP contribution in [0.1, 0.15) is 129 Å². The van der Waals surface area contributed by atoms with Gasteiger partial charge in [-0.05, 0) is 44.9 Å². The Morgan fingerprint density at radius 1 is 0.810 bits per heavy atom. The summed E-state index contributed by atoms with van der Waals surface area (Å²) in [5.41, 5.74) is 0. The van der Waals surface area contributed by atoms with Crippen LogP contribution in [-0.4, -0.2) is 73.4 Å². The van der Waals surface area contributed by atoms with Crippen molar-refractivity contribution < 1.29 is 32.9 Å². The van der Waals surface area contributed by atoms with Crippen molar-refractivity contribution in [2.75, 3.05) is 40.9 Å². The van der Waals surface area contributed by atoms with Crippen molar-refractivity contribution in [2.45, 2.75) is 142 Å². The van der Waals surface area contributed by atoms with Crippen LogP contribution in [0.3, 0.4) is 0 Å². The zero-order valence-corrected chi connectivity index (χ0v) is 28.6. The minimum absolute atomic E-state index is 0.0710. The Balaban J connectivity index is 4.19. The standard InChI is InChI=1S/C33H65N2O6P/c1-6-8-10-11-12-13-14-15-16-17-18-19-20-21-22-23-25-27-33(37)34-31(32(36)26-24-9-7-2)30-41-42(38,39)40-29-28-35(3,4)5/h12-13,15-16,31-32,36H,6-11,14,17-30H2,1-5H3,(H-,34,37,38,39)/p+1/b13-12-,16-15-. The van der Waals surface area contributed by atoms with E-state index in [2.05, 4.69) is 43.5 Å². The van der Waals surface area contributed by atoms with Gasteiger partial charge in [-0.1, -0.05) is 102 Å². The third-order valence-electron chi connectivity index (χ3n) is 7.20. The number of allylic oxidation sites excluding steroid dienone is 4. The van der Waals surface area contributed by atoms with E-state index in [1.54, 1.807) is 0 Å². The van der Waals surface area contributed by atoms with Crippen LogP contribution < -0.4 is 5.32 Å². The normalized spacial score (nSPS) is 15.3. The van der Waals surface area contributed by atoms with Crippen LogP contribution in [0.25, 0.3) is 0 Å². The Kier molecular flexibility index (Phi) is 25.7. The van der Waals surface area contributed by atoms with Gasteiger partial charge >= 0.3 is 7.82 Å². The lowest BCUT2D eigenvalue weighted by molar-refractivity contribution is -0.870. The molecule has 9 heteroatoms. The number of phosphoric ester groups is 1. The Morgan fingerprint density at radius 3 is 1.95 bits per heavy atom. The summed E-state index contributed by atoms with van der Waals surface area (Å²) in [6.07, 6.45) is 27.0. The van der Waals surface area contributed by atoms with Crippen molar-refractivity contribution in [3.05, 3.63) is 24.3 Å². The van der Waals surface area contributed by atoms with E-state index in [1.807, 2.05) is 21.1 Å². The molecule has 3 atom stereocenters. The molecule has 0 bridgehead atoms. The average molecular weight is 618 g/mol. The average Bonchev–Trinajstić information content (AvgIpc) is 2.92. The van der Waals surface area contributed by atoms with Crippen LogP contribution in [0.15, 0.2) is 24.3 Å². The third kappa shape index (κ3) is 27.8. The van der Waals surface area contributed by atoms with E-state index < -0.39 is 20.0 Å². The number of hydrogen-bond donors (Lipinski definition) is 3. The lowest BCUT2D eigenvalue weighted by atomic mass is 10.0. The molecule has 0 aromatic heterocycles. The number of unbranched alkanes of at least 4 members (excludes halogenated alkanes) is 12. The molecule has 248 valence electrons. The van der Waals surface area contributed by atoms with Gasteiger partial charge in [-0.25, -0.2) is 4.57 Å². The minimum atomic E-state index is -4.28. The first-order valence-corrected chi connectivity index (χ1v) is 18.2. The second kappa shape index (κ2) is 26.4. The summed E-state index contributed by atoms with van der Waals surface area (Å²) < 4.78 is 23.2. The molecule has 0 aromatic carbocycles. The quantitative estimate of drug-likeness (QED) is 0.0342. The van der Waals surface area contributed by atoms with Gasteiger partial charge in [-0.2, -0.15) is 0 Å². The highest BCUT2D eigenvalue weighted by atomic mass is 31.2. The van der Waals surface area contributed by atoms with E-state index in [0.29, 0.717) is 23.9 Å². The van der Waals surface area contributed by atoms with Gasteiger partial charge in [0.25, 0.3) is 0 Å². The number of nitrogens with one attached hydrogen (secondary N) is 1. The molecule has 0 aliphatic heterocycles. The van der Waals surface area contributed by atoms with Crippen LogP contribution in [-0.2, 0) is 18.4 Å². The molecule has 0 saturated heterocycles. The number of aliphatic hydroxyl groups is 1. The molecule has 0 spiro atoms. The van der Waals surface area contributed by atoms with Gasteiger partial charge in [-0.15, -0.1) is 0 Å². The number of quaternary nitrogens is 1. The molecule has 0 aliphatic carbocycles. The lowest BCUT2D eigenvalue weighted by Crippen LogP contribution is -2.46. The summed E-state index contributed by atoms with van der Waals surface area (Å²) in [6, 6.07) is -0.757. The van der Waals surface area contributed by atoms with Gasteiger partial charge in [-0.3, -0.25) is 13.8 Å². The third-order valence-corrected chi connectivity index (χ3v) is 8.19. The van der Waals surface area contributed by atoms with Crippen LogP contribution in [0.2, 0.25) is 0 Å². The molecule has 8 nitrogen and oxygen atoms in total. The zero-order valence-electron chi connectivity index (χ0n) is 27.7. The Bertz CT molecular complexity index is 753. The molecule has 0 saturated carbocycles. The van der Waals surface area contributed by atoms with Crippen LogP contribution >= 0.6 is 7.82 Å². The summed E-state index contributed by atoms with van der Waals surface area (Å²) in [5.74, 6) is -0.167. The fourth-order valence-electron chi connectivity index (χ4n) is 4.42. The van der Waals surface area contributed by atoms with E-state index in [9.17, 15) is 19.4 Å². The maximum absolute atomic E-state index is 12.6. The molecule has 0 heterocycles. The molecule has 0 aromatic rings. The fraction of sp³-hybridized carbons (Fsp3) is 0.848. The first kappa shape index (κ1) is 41.0. The number of carbonyl (C=O) groups is 1. The number of nitrogens with zero attached hydrogens (tertiary/aromatic N) is 1. The van der Waals surface area contributed by atoms with Gasteiger partial charge in [0.2, 0.25) is 5.91 Å². The zero-order chi connectivity index (χ0) is 31.5. The summed E-state index contributed by atoms with van der Waals surface area (Å²) in [7, 11) is 1.60. The van der Waals surface area contributed by atoms with Gasteiger partial charge in [0.1, 0.15) is 13.2 Å². The highest BCUT2D eigenvalue weighted by molar-refractivity contribution is 7.47. The van der Waals surface area contributed by atoms with E-state index in [-0.39, 0.29) is 19.1 Å². The second-order valence-electron chi connectivity index (χ2n) is 12.5. The van der Waals surface area contributed by atoms with Crippen molar-refractivity contribution >= 4 is 13.7 Å². The highest BCUT2D eigenvalue weighted by Gasteiger charge is 2.28. The molecule has 0 radical (unpaired) electrons. The number of likely N-dealkylation sites (N-methyl/N-ethyl adjacent to an activating group) is 1. The van der Waals surface area contributed by atoms with E-state index in [4.69, 9.17) is 9.05 Å². The number of aliphatic hydroxyl groups excluding tert-OH is 1. The maximum Gasteiger partial charge on any atom is 0.472 e. The number of carbonyl (C=O) groups excluding carboxylic acids is 1. The summed E-state index contributed by atoms with van der Waals surface area (Å²) >= 11 is 0. The van der Waals surface area contributed by atoms with Crippen molar-refractivity contribution in [1.29, 1.82) is 0 Å². The maximum atomic E-state index is 12.6. The molecule has 3 N–H and O–H groups in total. The second-order valence-corrected chi connectivity index (χ2v) is 14.0. The van der Waals surface area contributed by atoms with Gasteiger partial charge in [0, 0.05) is 6.42 Å². The SMILES string of the molecule is CCCCC/C=C\C/C=C\CCCCCCCCCC(=O)NC(COP(=O)(O)OCC[N+](C)(C)C)C(O)CCCCC. The molecule has 42 heavy (non-hydrogen) atoms. The van der Waals surface area contributed by atoms with Crippen molar-refractivity contribution in [1.82, 2.24) is 5.32 Å². The van der Waals surface area contributed by atoms with E-state index >= 15 is 0 Å². The molecular formula is C33H66N2O6P+. The van der Waals surface area contributed by atoms with Crippen LogP contribution in [0.4, 0.5) is 0 Å². The predicted octanol–water partition coefficient (Wildman–Crippen LogP) is 7.85. The molecule has 0 fully saturated rings. The fourth-order valence-corrected chi connectivity index (χ4v) is 5.16. The van der Waals surface area contributed by atoms with Gasteiger partial charge in [0.15, 0.2) is 0 Å². The van der Waals surface area contributed by atoms with Crippen LogP contribution in [0, 0.1) is 0 Å². The molecule has 3 unspecified atom stereocenters. The molecule has 0 aliphatic rings. The smallest absolute Gasteiger partial charge is 0.391 e. The summed E-state index contributed by atoms with van der Waals surface area (Å²) in [4.78, 5) is 22.7. The molecule has 0 rings (SSSR count). The highest BCUT2D eigenvalue weighted by Crippen LogP contribution is 2.43. The largest absolute Gasteiger partial charge is 0.472 e. The molecule has 1 amide bonds. The lowest BCUT2D eigenvalue weighted by Gasteiger charge is -2.26. The van der Waals surface area contributed by atoms with Crippen LogP contribution in [0.5, 0.6) is 0 Å². The van der Waals surface area contributed by atoms with E-state index in [0.717, 1.165) is 51.4 Å². The topological polar surface area (TPSA) is 105 Å². The van der Waals surface area contributed by atoms with Gasteiger partial charge < -0.3 is 19.8 Å². The number of amides is 1. The monoisotopic (exact) mass is 617 g/mol. The van der Waals surface area contributed by atoms with Gasteiger partial charge in [0.05, 0.1) is 39.9 Å². The Hall–Kier alpha value is -1.02. The number of rotatable bonds is 29. The molecular weight excluding hydrogens is 551 g/mol. The minimum Gasteiger partial charge on any atom is -0.391 e. The predicted molar refractivity (Wildman–Crippen MR) is 175 cm³/mol. The first-order valence-electron chi connectivity index (χ1n) is 16.7. The first-order chi connectivity index (χ1) is 20.0. The van der Waals surface area contributed by atoms with Crippen molar-refractivity contribution in [3.63, 3.8) is 0 Å². The van der Waals surface area contributed by atoms with Crippen molar-refractivity contribution in [2.24, 2.45) is 0 Å². The number of phosphoric acid groups is 1. The van der Waals surface area contributed by atoms with E-state index in [1.165, 1.54) is 51.4 Å². The summed E-state index contributed by atoms with van der Waals surface area (Å²) in [5, 5.41) is 13.5. The Morgan fingerprint density at radius 2 is 1.36 bits per heavy atom. The Labute approximate surface area is 258 Å².